The van der Waals surface area contributed by atoms with Crippen LogP contribution in [-0.2, 0) is 0 Å². The van der Waals surface area contributed by atoms with E-state index in [2.05, 4.69) is 0 Å². The summed E-state index contributed by atoms with van der Waals surface area (Å²) in [6.07, 6.45) is 5.62. The molecule has 0 saturated heterocycles. The molecule has 2 saturated carbocycles. The van der Waals surface area contributed by atoms with Crippen LogP contribution in [0, 0.1) is 17.8 Å². The number of hydrogen-bond donors (Lipinski definition) is 1. The first kappa shape index (κ1) is 13.7. The second kappa shape index (κ2) is 5.65. The quantitative estimate of drug-likeness (QED) is 0.894. The lowest BCUT2D eigenvalue weighted by molar-refractivity contribution is 0.189. The lowest BCUT2D eigenvalue weighted by Gasteiger charge is -2.22. The largest absolute Gasteiger partial charge is 0.493 e. The van der Waals surface area contributed by atoms with Gasteiger partial charge in [0, 0.05) is 6.04 Å². The average molecular weight is 275 g/mol. The summed E-state index contributed by atoms with van der Waals surface area (Å²) < 4.78 is 11.5. The van der Waals surface area contributed by atoms with Gasteiger partial charge in [-0.05, 0) is 61.6 Å². The van der Waals surface area contributed by atoms with Gasteiger partial charge >= 0.3 is 0 Å². The van der Waals surface area contributed by atoms with Crippen molar-refractivity contribution in [3.63, 3.8) is 0 Å². The monoisotopic (exact) mass is 275 g/mol. The van der Waals surface area contributed by atoms with E-state index >= 15 is 0 Å². The molecule has 20 heavy (non-hydrogen) atoms. The smallest absolute Gasteiger partial charge is 0.161 e. The number of fused-ring (bicyclic) bond motifs is 2. The molecule has 1 aromatic carbocycles. The molecule has 2 aliphatic rings. The highest BCUT2D eigenvalue weighted by Gasteiger charge is 2.39. The molecule has 0 spiro atoms. The lowest BCUT2D eigenvalue weighted by atomic mass is 9.89. The van der Waals surface area contributed by atoms with Crippen molar-refractivity contribution in [3.8, 4) is 11.5 Å². The highest BCUT2D eigenvalue weighted by Crippen LogP contribution is 2.48. The van der Waals surface area contributed by atoms with Crippen LogP contribution in [0.3, 0.4) is 0 Å². The normalized spacial score (nSPS) is 29.4. The summed E-state index contributed by atoms with van der Waals surface area (Å²) in [5.41, 5.74) is 6.98. The third kappa shape index (κ3) is 2.64. The van der Waals surface area contributed by atoms with E-state index in [0.29, 0.717) is 0 Å². The van der Waals surface area contributed by atoms with Gasteiger partial charge in [0.25, 0.3) is 0 Å². The van der Waals surface area contributed by atoms with Gasteiger partial charge in [-0.1, -0.05) is 12.5 Å². The van der Waals surface area contributed by atoms with Gasteiger partial charge in [0.05, 0.1) is 13.7 Å². The van der Waals surface area contributed by atoms with Crippen molar-refractivity contribution in [2.45, 2.75) is 38.6 Å². The molecular weight excluding hydrogens is 250 g/mol. The Hall–Kier alpha value is -1.22. The van der Waals surface area contributed by atoms with E-state index in [1.807, 2.05) is 25.1 Å². The summed E-state index contributed by atoms with van der Waals surface area (Å²) in [7, 11) is 1.69. The molecule has 4 atom stereocenters. The summed E-state index contributed by atoms with van der Waals surface area (Å²) in [5.74, 6) is 4.25. The van der Waals surface area contributed by atoms with E-state index in [0.717, 1.165) is 41.4 Å². The zero-order chi connectivity index (χ0) is 14.1. The van der Waals surface area contributed by atoms with Crippen molar-refractivity contribution in [1.82, 2.24) is 0 Å². The van der Waals surface area contributed by atoms with Crippen molar-refractivity contribution in [1.29, 1.82) is 0 Å². The average Bonchev–Trinajstić information content (AvgIpc) is 3.07. The van der Waals surface area contributed by atoms with Crippen molar-refractivity contribution in [3.05, 3.63) is 23.8 Å². The van der Waals surface area contributed by atoms with E-state index in [-0.39, 0.29) is 6.04 Å². The lowest BCUT2D eigenvalue weighted by Crippen LogP contribution is -2.18. The summed E-state index contributed by atoms with van der Waals surface area (Å²) in [6.45, 7) is 2.81. The number of nitrogens with two attached hydrogens (primary N) is 1. The van der Waals surface area contributed by atoms with Crippen LogP contribution in [0.25, 0.3) is 0 Å². The topological polar surface area (TPSA) is 44.5 Å². The van der Waals surface area contributed by atoms with Crippen LogP contribution in [0.5, 0.6) is 11.5 Å². The number of ether oxygens (including phenoxy) is 2. The van der Waals surface area contributed by atoms with Gasteiger partial charge in [-0.2, -0.15) is 0 Å². The van der Waals surface area contributed by atoms with Crippen LogP contribution < -0.4 is 15.2 Å². The van der Waals surface area contributed by atoms with Crippen molar-refractivity contribution < 1.29 is 9.47 Å². The molecule has 3 nitrogen and oxygen atoms in total. The molecule has 3 rings (SSSR count). The first-order valence-electron chi connectivity index (χ1n) is 7.73. The minimum absolute atomic E-state index is 0.0171. The van der Waals surface area contributed by atoms with Crippen molar-refractivity contribution in [2.75, 3.05) is 13.7 Å². The minimum atomic E-state index is 0.0171. The highest BCUT2D eigenvalue weighted by molar-refractivity contribution is 5.43. The predicted molar refractivity (Wildman–Crippen MR) is 80.0 cm³/mol. The van der Waals surface area contributed by atoms with Gasteiger partial charge in [0.2, 0.25) is 0 Å². The zero-order valence-corrected chi connectivity index (χ0v) is 12.5. The van der Waals surface area contributed by atoms with Gasteiger partial charge in [-0.25, -0.2) is 0 Å². The first-order chi connectivity index (χ1) is 9.67. The maximum atomic E-state index is 6.03. The summed E-state index contributed by atoms with van der Waals surface area (Å²) in [4.78, 5) is 0. The van der Waals surface area contributed by atoms with Gasteiger partial charge in [-0.15, -0.1) is 0 Å². The standard InChI is InChI=1S/C17H25NO2/c1-11(18)13-5-6-16(17(9-13)19-2)20-10-15-8-12-3-4-14(15)7-12/h5-6,9,11-12,14-15H,3-4,7-8,10,18H2,1-2H3/t11-,12?,14?,15?/m0/s1. The Labute approximate surface area is 121 Å². The molecule has 0 aromatic heterocycles. The van der Waals surface area contributed by atoms with Crippen LogP contribution >= 0.6 is 0 Å². The van der Waals surface area contributed by atoms with E-state index in [4.69, 9.17) is 15.2 Å². The van der Waals surface area contributed by atoms with Crippen molar-refractivity contribution >= 4 is 0 Å². The molecule has 2 bridgehead atoms. The second-order valence-corrected chi connectivity index (χ2v) is 6.44. The third-order valence-corrected chi connectivity index (χ3v) is 5.05. The SMILES string of the molecule is COc1cc([C@H](C)N)ccc1OCC1CC2CCC1C2. The van der Waals surface area contributed by atoms with Gasteiger partial charge in [0.1, 0.15) is 0 Å². The number of benzene rings is 1. The number of hydrogen-bond acceptors (Lipinski definition) is 3. The Morgan fingerprint density at radius 1 is 1.25 bits per heavy atom. The highest BCUT2D eigenvalue weighted by atomic mass is 16.5. The fourth-order valence-electron chi connectivity index (χ4n) is 3.86. The minimum Gasteiger partial charge on any atom is -0.493 e. The molecule has 110 valence electrons. The number of rotatable bonds is 5. The van der Waals surface area contributed by atoms with Gasteiger partial charge in [0.15, 0.2) is 11.5 Å². The molecule has 2 aliphatic carbocycles. The molecule has 0 heterocycles. The molecule has 0 aliphatic heterocycles. The second-order valence-electron chi connectivity index (χ2n) is 6.44. The van der Waals surface area contributed by atoms with Crippen molar-refractivity contribution in [2.24, 2.45) is 23.5 Å². The van der Waals surface area contributed by atoms with Gasteiger partial charge < -0.3 is 15.2 Å². The molecule has 1 aromatic rings. The van der Waals surface area contributed by atoms with Crippen LogP contribution in [-0.4, -0.2) is 13.7 Å². The zero-order valence-electron chi connectivity index (χ0n) is 12.5. The molecule has 2 fully saturated rings. The van der Waals surface area contributed by atoms with Crippen LogP contribution in [0.2, 0.25) is 0 Å². The summed E-state index contributed by atoms with van der Waals surface area (Å²) >= 11 is 0. The van der Waals surface area contributed by atoms with Crippen LogP contribution in [0.15, 0.2) is 18.2 Å². The number of methoxy groups -OCH3 is 1. The Morgan fingerprint density at radius 2 is 2.10 bits per heavy atom. The van der Waals surface area contributed by atoms with E-state index < -0.39 is 0 Å². The van der Waals surface area contributed by atoms with E-state index in [1.165, 1.54) is 25.7 Å². The molecule has 0 amide bonds. The third-order valence-electron chi connectivity index (χ3n) is 5.05. The van der Waals surface area contributed by atoms with Gasteiger partial charge in [-0.3, -0.25) is 0 Å². The van der Waals surface area contributed by atoms with Crippen LogP contribution in [0.4, 0.5) is 0 Å². The Morgan fingerprint density at radius 3 is 2.70 bits per heavy atom. The molecule has 3 unspecified atom stereocenters. The Kier molecular flexibility index (Phi) is 3.88. The maximum Gasteiger partial charge on any atom is 0.161 e. The summed E-state index contributed by atoms with van der Waals surface area (Å²) in [5, 5.41) is 0. The molecular formula is C17H25NO2. The molecule has 3 heteroatoms. The fourth-order valence-corrected chi connectivity index (χ4v) is 3.86. The molecule has 2 N–H and O–H groups in total. The first-order valence-corrected chi connectivity index (χ1v) is 7.73. The predicted octanol–water partition coefficient (Wildman–Crippen LogP) is 3.53. The van der Waals surface area contributed by atoms with E-state index in [1.54, 1.807) is 7.11 Å². The summed E-state index contributed by atoms with van der Waals surface area (Å²) in [6, 6.07) is 6.03. The maximum absolute atomic E-state index is 6.03. The molecule has 0 radical (unpaired) electrons. The fraction of sp³-hybridized carbons (Fsp3) is 0.647. The Balaban J connectivity index is 1.65. The van der Waals surface area contributed by atoms with E-state index in [9.17, 15) is 0 Å². The van der Waals surface area contributed by atoms with Crippen LogP contribution in [0.1, 0.15) is 44.2 Å². The Bertz CT molecular complexity index is 472.